The van der Waals surface area contributed by atoms with E-state index in [4.69, 9.17) is 0 Å². The number of halogens is 3. The Kier molecular flexibility index (Phi) is 6.18. The smallest absolute Gasteiger partial charge is 0.191 e. The third-order valence-corrected chi connectivity index (χ3v) is 2.84. The summed E-state index contributed by atoms with van der Waals surface area (Å²) in [7, 11) is 0. The zero-order valence-electron chi connectivity index (χ0n) is 9.17. The first-order valence-electron chi connectivity index (χ1n) is 5.22. The van der Waals surface area contributed by atoms with Gasteiger partial charge in [-0.15, -0.1) is 24.0 Å². The molecule has 1 heterocycles. The fraction of sp³-hybridized carbons (Fsp3) is 0.364. The van der Waals surface area contributed by atoms with E-state index in [0.29, 0.717) is 12.1 Å². The van der Waals surface area contributed by atoms with Crippen molar-refractivity contribution < 1.29 is 4.39 Å². The maximum absolute atomic E-state index is 13.4. The molecule has 0 saturated carbocycles. The summed E-state index contributed by atoms with van der Waals surface area (Å²) in [6.45, 7) is 2.19. The summed E-state index contributed by atoms with van der Waals surface area (Å²) in [4.78, 5) is 4.26. The Morgan fingerprint density at radius 2 is 2.29 bits per heavy atom. The Bertz CT molecular complexity index is 412. The summed E-state index contributed by atoms with van der Waals surface area (Å²) < 4.78 is 14.3. The minimum atomic E-state index is -0.202. The van der Waals surface area contributed by atoms with E-state index in [1.807, 2.05) is 0 Å². The summed E-state index contributed by atoms with van der Waals surface area (Å²) >= 11 is 3.32. The van der Waals surface area contributed by atoms with Crippen LogP contribution in [0.3, 0.4) is 0 Å². The Morgan fingerprint density at radius 1 is 1.47 bits per heavy atom. The SMILES string of the molecule is Fc1ccc(Br)cc1CNC1=NCCCN1.I. The van der Waals surface area contributed by atoms with Gasteiger partial charge in [0.2, 0.25) is 0 Å². The van der Waals surface area contributed by atoms with Crippen molar-refractivity contribution in [2.24, 2.45) is 4.99 Å². The maximum atomic E-state index is 13.4. The van der Waals surface area contributed by atoms with Gasteiger partial charge in [0.15, 0.2) is 5.96 Å². The molecule has 0 amide bonds. The Balaban J connectivity index is 0.00000144. The first-order chi connectivity index (χ1) is 7.75. The van der Waals surface area contributed by atoms with Crippen LogP contribution in [0.25, 0.3) is 0 Å². The fourth-order valence-electron chi connectivity index (χ4n) is 1.51. The van der Waals surface area contributed by atoms with Gasteiger partial charge in [0.1, 0.15) is 5.82 Å². The molecule has 0 bridgehead atoms. The molecule has 1 aliphatic heterocycles. The van der Waals surface area contributed by atoms with Gasteiger partial charge >= 0.3 is 0 Å². The van der Waals surface area contributed by atoms with Crippen LogP contribution < -0.4 is 10.6 Å². The molecule has 0 spiro atoms. The molecule has 1 aromatic carbocycles. The van der Waals surface area contributed by atoms with E-state index in [9.17, 15) is 4.39 Å². The van der Waals surface area contributed by atoms with Crippen LogP contribution in [-0.2, 0) is 6.54 Å². The third-order valence-electron chi connectivity index (χ3n) is 2.35. The second-order valence-corrected chi connectivity index (χ2v) is 4.52. The monoisotopic (exact) mass is 413 g/mol. The highest BCUT2D eigenvalue weighted by molar-refractivity contribution is 14.0. The molecule has 6 heteroatoms. The molecule has 3 nitrogen and oxygen atoms in total. The standard InChI is InChI=1S/C11H13BrFN3.HI/c12-9-2-3-10(13)8(6-9)7-16-11-14-4-1-5-15-11;/h2-3,6H,1,4-5,7H2,(H2,14,15,16);1H. The molecule has 0 atom stereocenters. The van der Waals surface area contributed by atoms with Gasteiger partial charge in [-0.2, -0.15) is 0 Å². The Morgan fingerprint density at radius 3 is 3.00 bits per heavy atom. The molecule has 94 valence electrons. The topological polar surface area (TPSA) is 36.4 Å². The van der Waals surface area contributed by atoms with Crippen molar-refractivity contribution in [3.8, 4) is 0 Å². The summed E-state index contributed by atoms with van der Waals surface area (Å²) in [5.41, 5.74) is 0.629. The highest BCUT2D eigenvalue weighted by Gasteiger charge is 2.06. The normalized spacial score (nSPS) is 14.4. The second-order valence-electron chi connectivity index (χ2n) is 3.60. The van der Waals surface area contributed by atoms with Crippen LogP contribution in [0.1, 0.15) is 12.0 Å². The molecule has 0 radical (unpaired) electrons. The van der Waals surface area contributed by atoms with Crippen LogP contribution in [0.2, 0.25) is 0 Å². The summed E-state index contributed by atoms with van der Waals surface area (Å²) in [5.74, 6) is 0.553. The predicted molar refractivity (Wildman–Crippen MR) is 81.3 cm³/mol. The minimum absolute atomic E-state index is 0. The van der Waals surface area contributed by atoms with Gasteiger partial charge in [-0.25, -0.2) is 4.39 Å². The van der Waals surface area contributed by atoms with Gasteiger partial charge in [-0.05, 0) is 24.6 Å². The zero-order chi connectivity index (χ0) is 11.4. The molecule has 0 aliphatic carbocycles. The molecule has 2 N–H and O–H groups in total. The molecular weight excluding hydrogens is 400 g/mol. The van der Waals surface area contributed by atoms with Crippen LogP contribution in [0.5, 0.6) is 0 Å². The number of benzene rings is 1. The molecule has 0 aromatic heterocycles. The lowest BCUT2D eigenvalue weighted by Gasteiger charge is -2.16. The molecule has 1 aliphatic rings. The van der Waals surface area contributed by atoms with Crippen molar-refractivity contribution in [3.63, 3.8) is 0 Å². The Hall–Kier alpha value is -0.370. The van der Waals surface area contributed by atoms with Crippen LogP contribution in [0.15, 0.2) is 27.7 Å². The first kappa shape index (κ1) is 14.7. The van der Waals surface area contributed by atoms with Gasteiger partial charge in [-0.3, -0.25) is 4.99 Å². The number of guanidine groups is 1. The van der Waals surface area contributed by atoms with Gasteiger partial charge in [-0.1, -0.05) is 15.9 Å². The largest absolute Gasteiger partial charge is 0.356 e. The minimum Gasteiger partial charge on any atom is -0.356 e. The predicted octanol–water partition coefficient (Wildman–Crippen LogP) is 2.65. The molecule has 2 rings (SSSR count). The fourth-order valence-corrected chi connectivity index (χ4v) is 1.92. The first-order valence-corrected chi connectivity index (χ1v) is 6.01. The number of rotatable bonds is 2. The maximum Gasteiger partial charge on any atom is 0.191 e. The third kappa shape index (κ3) is 4.42. The quantitative estimate of drug-likeness (QED) is 0.731. The highest BCUT2D eigenvalue weighted by atomic mass is 127. The van der Waals surface area contributed by atoms with Crippen molar-refractivity contribution in [1.29, 1.82) is 0 Å². The van der Waals surface area contributed by atoms with Gasteiger partial charge in [0.25, 0.3) is 0 Å². The number of hydrogen-bond donors (Lipinski definition) is 2. The molecule has 17 heavy (non-hydrogen) atoms. The van der Waals surface area contributed by atoms with E-state index < -0.39 is 0 Å². The highest BCUT2D eigenvalue weighted by Crippen LogP contribution is 2.15. The number of nitrogens with zero attached hydrogens (tertiary/aromatic N) is 1. The van der Waals surface area contributed by atoms with Gasteiger partial charge < -0.3 is 10.6 Å². The van der Waals surface area contributed by atoms with Crippen LogP contribution >= 0.6 is 39.9 Å². The summed E-state index contributed by atoms with van der Waals surface area (Å²) in [6.07, 6.45) is 1.05. The molecule has 1 aromatic rings. The second kappa shape index (κ2) is 7.15. The van der Waals surface area contributed by atoms with Crippen molar-refractivity contribution in [2.45, 2.75) is 13.0 Å². The van der Waals surface area contributed by atoms with Crippen LogP contribution in [0, 0.1) is 5.82 Å². The zero-order valence-corrected chi connectivity index (χ0v) is 13.1. The van der Waals surface area contributed by atoms with Crippen molar-refractivity contribution >= 4 is 45.9 Å². The lowest BCUT2D eigenvalue weighted by Crippen LogP contribution is -2.40. The average Bonchev–Trinajstić information content (AvgIpc) is 2.32. The van der Waals surface area contributed by atoms with Gasteiger partial charge in [0.05, 0.1) is 0 Å². The molecule has 0 saturated heterocycles. The van der Waals surface area contributed by atoms with Gasteiger partial charge in [0, 0.05) is 29.7 Å². The van der Waals surface area contributed by atoms with E-state index in [2.05, 4.69) is 31.6 Å². The van der Waals surface area contributed by atoms with Crippen molar-refractivity contribution in [1.82, 2.24) is 10.6 Å². The summed E-state index contributed by atoms with van der Waals surface area (Å²) in [6, 6.07) is 4.91. The average molecular weight is 414 g/mol. The van der Waals surface area contributed by atoms with Crippen molar-refractivity contribution in [3.05, 3.63) is 34.1 Å². The van der Waals surface area contributed by atoms with E-state index in [0.717, 1.165) is 29.9 Å². The lowest BCUT2D eigenvalue weighted by atomic mass is 10.2. The molecule has 0 fully saturated rings. The number of aliphatic imine (C=N–C) groups is 1. The Labute approximate surface area is 125 Å². The number of hydrogen-bond acceptors (Lipinski definition) is 3. The van der Waals surface area contributed by atoms with E-state index in [-0.39, 0.29) is 29.8 Å². The lowest BCUT2D eigenvalue weighted by molar-refractivity contribution is 0.602. The number of nitrogens with one attached hydrogen (secondary N) is 2. The van der Waals surface area contributed by atoms with Crippen LogP contribution in [-0.4, -0.2) is 19.0 Å². The van der Waals surface area contributed by atoms with Crippen LogP contribution in [0.4, 0.5) is 4.39 Å². The molecular formula is C11H14BrFIN3. The summed E-state index contributed by atoms with van der Waals surface area (Å²) in [5, 5.41) is 6.21. The van der Waals surface area contributed by atoms with E-state index >= 15 is 0 Å². The van der Waals surface area contributed by atoms with E-state index in [1.54, 1.807) is 12.1 Å². The van der Waals surface area contributed by atoms with E-state index in [1.165, 1.54) is 6.07 Å². The molecule has 0 unspecified atom stereocenters. The van der Waals surface area contributed by atoms with Crippen molar-refractivity contribution in [2.75, 3.05) is 13.1 Å².